The summed E-state index contributed by atoms with van der Waals surface area (Å²) in [4.78, 5) is 19.6. The fourth-order valence-electron chi connectivity index (χ4n) is 3.89. The van der Waals surface area contributed by atoms with Gasteiger partial charge in [0.05, 0.1) is 10.7 Å². The van der Waals surface area contributed by atoms with Crippen molar-refractivity contribution in [2.75, 3.05) is 26.3 Å². The number of likely N-dealkylation sites (tertiary alicyclic amines) is 1. The molecule has 5 nitrogen and oxygen atoms in total. The van der Waals surface area contributed by atoms with Gasteiger partial charge in [0.25, 0.3) is 0 Å². The van der Waals surface area contributed by atoms with Crippen molar-refractivity contribution in [3.8, 4) is 0 Å². The number of nitrogens with one attached hydrogen (secondary N) is 1. The van der Waals surface area contributed by atoms with Gasteiger partial charge in [-0.25, -0.2) is 4.98 Å². The lowest BCUT2D eigenvalue weighted by molar-refractivity contribution is -0.128. The van der Waals surface area contributed by atoms with Crippen molar-refractivity contribution in [1.29, 1.82) is 0 Å². The molecule has 3 heterocycles. The maximum Gasteiger partial charge on any atom is 0.223 e. The number of aryl methyl sites for hydroxylation is 1. The van der Waals surface area contributed by atoms with E-state index in [2.05, 4.69) is 34.4 Å². The smallest absolute Gasteiger partial charge is 0.223 e. The van der Waals surface area contributed by atoms with Crippen LogP contribution in [0.3, 0.4) is 0 Å². The number of carbonyl (C=O) groups is 1. The maximum absolute atomic E-state index is 12.6. The van der Waals surface area contributed by atoms with Gasteiger partial charge in [-0.15, -0.1) is 11.3 Å². The van der Waals surface area contributed by atoms with Crippen molar-refractivity contribution in [1.82, 2.24) is 15.2 Å². The van der Waals surface area contributed by atoms with E-state index in [0.717, 1.165) is 62.8 Å². The molecular weight excluding hydrogens is 322 g/mol. The number of amides is 1. The summed E-state index contributed by atoms with van der Waals surface area (Å²) < 4.78 is 5.37. The third-order valence-corrected chi connectivity index (χ3v) is 5.97. The second-order valence-corrected chi connectivity index (χ2v) is 8.16. The molecule has 134 valence electrons. The highest BCUT2D eigenvalue weighted by Crippen LogP contribution is 2.25. The number of hydrogen-bond acceptors (Lipinski definition) is 5. The zero-order valence-corrected chi connectivity index (χ0v) is 15.6. The van der Waals surface area contributed by atoms with Crippen molar-refractivity contribution >= 4 is 17.2 Å². The van der Waals surface area contributed by atoms with Gasteiger partial charge in [-0.05, 0) is 32.1 Å². The largest absolute Gasteiger partial charge is 0.381 e. The minimum absolute atomic E-state index is 0.135. The summed E-state index contributed by atoms with van der Waals surface area (Å²) in [5.41, 5.74) is 1.16. The van der Waals surface area contributed by atoms with Crippen LogP contribution in [0.25, 0.3) is 0 Å². The minimum atomic E-state index is 0.135. The van der Waals surface area contributed by atoms with Gasteiger partial charge in [-0.1, -0.05) is 13.3 Å². The quantitative estimate of drug-likeness (QED) is 0.856. The van der Waals surface area contributed by atoms with E-state index >= 15 is 0 Å². The Morgan fingerprint density at radius 3 is 2.88 bits per heavy atom. The number of rotatable bonds is 6. The molecule has 0 saturated carbocycles. The third-order valence-electron chi connectivity index (χ3n) is 5.15. The monoisotopic (exact) mass is 351 g/mol. The highest BCUT2D eigenvalue weighted by atomic mass is 32.1. The average molecular weight is 352 g/mol. The molecule has 0 unspecified atom stereocenters. The second-order valence-electron chi connectivity index (χ2n) is 7.10. The van der Waals surface area contributed by atoms with Crippen LogP contribution in [0.4, 0.5) is 0 Å². The molecule has 1 N–H and O–H groups in total. The number of carbonyl (C=O) groups excluding carboxylic acids is 1. The topological polar surface area (TPSA) is 54.5 Å². The highest BCUT2D eigenvalue weighted by Gasteiger charge is 2.34. The number of nitrogens with zero attached hydrogens (tertiary/aromatic N) is 2. The van der Waals surface area contributed by atoms with E-state index in [4.69, 9.17) is 4.74 Å². The maximum atomic E-state index is 12.6. The molecule has 2 fully saturated rings. The van der Waals surface area contributed by atoms with E-state index in [1.807, 2.05) is 0 Å². The average Bonchev–Trinajstić information content (AvgIpc) is 3.15. The molecule has 2 aliphatic heterocycles. The SMILES string of the molecule is CCC[C@H]1CN(Cc2csc(C)n2)C[C@@H]1NC(=O)C1CCOCC1. The van der Waals surface area contributed by atoms with Crippen molar-refractivity contribution in [2.24, 2.45) is 11.8 Å². The van der Waals surface area contributed by atoms with Gasteiger partial charge in [0, 0.05) is 50.2 Å². The fraction of sp³-hybridized carbons (Fsp3) is 0.778. The van der Waals surface area contributed by atoms with Crippen molar-refractivity contribution in [3.63, 3.8) is 0 Å². The standard InChI is InChI=1S/C18H29N3O2S/c1-3-4-15-9-21(10-16-12-24-13(2)19-16)11-17(15)20-18(22)14-5-7-23-8-6-14/h12,14-15,17H,3-11H2,1-2H3,(H,20,22)/t15-,17-/m0/s1. The minimum Gasteiger partial charge on any atom is -0.381 e. The Morgan fingerprint density at radius 1 is 1.42 bits per heavy atom. The third kappa shape index (κ3) is 4.55. The number of aromatic nitrogens is 1. The van der Waals surface area contributed by atoms with Crippen LogP contribution in [0.5, 0.6) is 0 Å². The lowest BCUT2D eigenvalue weighted by Gasteiger charge is -2.25. The predicted molar refractivity (Wildman–Crippen MR) is 96.0 cm³/mol. The lowest BCUT2D eigenvalue weighted by Crippen LogP contribution is -2.44. The van der Waals surface area contributed by atoms with Crippen LogP contribution in [-0.4, -0.2) is 48.1 Å². The molecule has 0 bridgehead atoms. The first-order valence-electron chi connectivity index (χ1n) is 9.17. The summed E-state index contributed by atoms with van der Waals surface area (Å²) in [7, 11) is 0. The molecular formula is C18H29N3O2S. The molecule has 1 aromatic rings. The Labute approximate surface area is 148 Å². The summed E-state index contributed by atoms with van der Waals surface area (Å²) in [6.07, 6.45) is 4.06. The van der Waals surface area contributed by atoms with Crippen LogP contribution < -0.4 is 5.32 Å². The van der Waals surface area contributed by atoms with Crippen LogP contribution >= 0.6 is 11.3 Å². The molecule has 0 spiro atoms. The molecule has 2 atom stereocenters. The van der Waals surface area contributed by atoms with Crippen LogP contribution in [0, 0.1) is 18.8 Å². The highest BCUT2D eigenvalue weighted by molar-refractivity contribution is 7.09. The molecule has 3 rings (SSSR count). The molecule has 2 aliphatic rings. The first-order valence-corrected chi connectivity index (χ1v) is 10.0. The molecule has 0 aliphatic carbocycles. The first-order chi connectivity index (χ1) is 11.7. The van der Waals surface area contributed by atoms with Crippen LogP contribution in [0.2, 0.25) is 0 Å². The van der Waals surface area contributed by atoms with Gasteiger partial charge in [-0.2, -0.15) is 0 Å². The predicted octanol–water partition coefficient (Wildman–Crippen LogP) is 2.59. The zero-order chi connectivity index (χ0) is 16.9. The van der Waals surface area contributed by atoms with E-state index in [0.29, 0.717) is 5.92 Å². The molecule has 6 heteroatoms. The summed E-state index contributed by atoms with van der Waals surface area (Å²) in [5.74, 6) is 0.922. The summed E-state index contributed by atoms with van der Waals surface area (Å²) in [6.45, 7) is 8.61. The molecule has 1 amide bonds. The van der Waals surface area contributed by atoms with E-state index in [-0.39, 0.29) is 17.9 Å². The first kappa shape index (κ1) is 17.8. The Balaban J connectivity index is 1.57. The fourth-order valence-corrected chi connectivity index (χ4v) is 4.49. The normalized spacial score (nSPS) is 25.9. The lowest BCUT2D eigenvalue weighted by atomic mass is 9.95. The number of ether oxygens (including phenoxy) is 1. The Kier molecular flexibility index (Phi) is 6.25. The Bertz CT molecular complexity index is 542. The van der Waals surface area contributed by atoms with E-state index in [1.54, 1.807) is 11.3 Å². The number of hydrogen-bond donors (Lipinski definition) is 1. The van der Waals surface area contributed by atoms with Gasteiger partial charge in [0.1, 0.15) is 0 Å². The summed E-state index contributed by atoms with van der Waals surface area (Å²) in [6, 6.07) is 0.278. The van der Waals surface area contributed by atoms with E-state index < -0.39 is 0 Å². The van der Waals surface area contributed by atoms with Gasteiger partial charge >= 0.3 is 0 Å². The summed E-state index contributed by atoms with van der Waals surface area (Å²) in [5, 5.41) is 6.63. The molecule has 24 heavy (non-hydrogen) atoms. The van der Waals surface area contributed by atoms with Crippen LogP contribution in [0.15, 0.2) is 5.38 Å². The van der Waals surface area contributed by atoms with Crippen molar-refractivity contribution < 1.29 is 9.53 Å². The zero-order valence-electron chi connectivity index (χ0n) is 14.8. The second kappa shape index (κ2) is 8.41. The molecule has 2 saturated heterocycles. The number of thiazole rings is 1. The van der Waals surface area contributed by atoms with Crippen molar-refractivity contribution in [3.05, 3.63) is 16.1 Å². The van der Waals surface area contributed by atoms with Crippen LogP contribution in [0.1, 0.15) is 43.3 Å². The van der Waals surface area contributed by atoms with Crippen LogP contribution in [-0.2, 0) is 16.1 Å². The Hall–Kier alpha value is -0.980. The molecule has 0 radical (unpaired) electrons. The summed E-state index contributed by atoms with van der Waals surface area (Å²) >= 11 is 1.71. The molecule has 1 aromatic heterocycles. The Morgan fingerprint density at radius 2 is 2.21 bits per heavy atom. The van der Waals surface area contributed by atoms with Gasteiger partial charge in [-0.3, -0.25) is 9.69 Å². The van der Waals surface area contributed by atoms with Gasteiger partial charge in [0.15, 0.2) is 0 Å². The van der Waals surface area contributed by atoms with Gasteiger partial charge in [0.2, 0.25) is 5.91 Å². The van der Waals surface area contributed by atoms with Gasteiger partial charge < -0.3 is 10.1 Å². The van der Waals surface area contributed by atoms with Crippen molar-refractivity contribution in [2.45, 2.75) is 52.1 Å². The van der Waals surface area contributed by atoms with E-state index in [1.165, 1.54) is 6.42 Å². The molecule has 0 aromatic carbocycles. The van der Waals surface area contributed by atoms with E-state index in [9.17, 15) is 4.79 Å².